The Hall–Kier alpha value is -1.71. The number of likely N-dealkylation sites (tertiary alicyclic amines) is 1. The molecule has 0 saturated carbocycles. The molecule has 2 rings (SSSR count). The minimum atomic E-state index is -0.840. The zero-order valence-corrected chi connectivity index (χ0v) is 11.7. The second-order valence-corrected chi connectivity index (χ2v) is 5.53. The quantitative estimate of drug-likeness (QED) is 0.851. The van der Waals surface area contributed by atoms with Crippen LogP contribution in [0.25, 0.3) is 0 Å². The fourth-order valence-electron chi connectivity index (χ4n) is 2.35. The maximum absolute atomic E-state index is 12.5. The van der Waals surface area contributed by atoms with Gasteiger partial charge in [0.15, 0.2) is 5.60 Å². The van der Waals surface area contributed by atoms with Crippen LogP contribution in [0, 0.1) is 0 Å². The van der Waals surface area contributed by atoms with Gasteiger partial charge in [-0.05, 0) is 57.4 Å². The molecule has 0 unspecified atom stereocenters. The van der Waals surface area contributed by atoms with E-state index in [1.807, 2.05) is 18.7 Å². The van der Waals surface area contributed by atoms with E-state index in [0.717, 1.165) is 25.9 Å². The lowest BCUT2D eigenvalue weighted by molar-refractivity contribution is -0.146. The Balaban J connectivity index is 2.04. The number of hydrogen-bond acceptors (Lipinski definition) is 3. The van der Waals surface area contributed by atoms with Gasteiger partial charge >= 0.3 is 0 Å². The molecule has 1 aliphatic heterocycles. The molecule has 104 valence electrons. The molecule has 0 radical (unpaired) electrons. The summed E-state index contributed by atoms with van der Waals surface area (Å²) in [5.41, 5.74) is 5.48. The van der Waals surface area contributed by atoms with E-state index in [4.69, 9.17) is 10.5 Å². The second kappa shape index (κ2) is 5.51. The smallest absolute Gasteiger partial charge is 0.266 e. The maximum Gasteiger partial charge on any atom is 0.266 e. The monoisotopic (exact) mass is 262 g/mol. The first-order valence-electron chi connectivity index (χ1n) is 6.83. The summed E-state index contributed by atoms with van der Waals surface area (Å²) in [4.78, 5) is 14.4. The summed E-state index contributed by atoms with van der Waals surface area (Å²) in [7, 11) is 0. The standard InChI is InChI=1S/C15H22N2O2/c1-15(2,14(18)17-10-4-3-5-11-17)19-13-8-6-12(16)7-9-13/h6-9H,3-5,10-11,16H2,1-2H3. The van der Waals surface area contributed by atoms with Gasteiger partial charge in [0.1, 0.15) is 5.75 Å². The molecule has 19 heavy (non-hydrogen) atoms. The third kappa shape index (κ3) is 3.40. The highest BCUT2D eigenvalue weighted by Crippen LogP contribution is 2.23. The van der Waals surface area contributed by atoms with Crippen LogP contribution in [0.3, 0.4) is 0 Å². The lowest BCUT2D eigenvalue weighted by Crippen LogP contribution is -2.50. The molecule has 0 aromatic heterocycles. The van der Waals surface area contributed by atoms with Crippen molar-refractivity contribution in [1.82, 2.24) is 4.90 Å². The number of carbonyl (C=O) groups is 1. The Morgan fingerprint density at radius 2 is 1.74 bits per heavy atom. The first kappa shape index (κ1) is 13.7. The van der Waals surface area contributed by atoms with Gasteiger partial charge in [0.05, 0.1) is 0 Å². The van der Waals surface area contributed by atoms with Crippen molar-refractivity contribution in [2.75, 3.05) is 18.8 Å². The Kier molecular flexibility index (Phi) is 3.98. The predicted octanol–water partition coefficient (Wildman–Crippen LogP) is 2.44. The SMILES string of the molecule is CC(C)(Oc1ccc(N)cc1)C(=O)N1CCCCC1. The van der Waals surface area contributed by atoms with E-state index in [1.54, 1.807) is 24.3 Å². The summed E-state index contributed by atoms with van der Waals surface area (Å²) >= 11 is 0. The van der Waals surface area contributed by atoms with Crippen LogP contribution in [0.4, 0.5) is 5.69 Å². The summed E-state index contributed by atoms with van der Waals surface area (Å²) in [6.45, 7) is 5.32. The molecule has 2 N–H and O–H groups in total. The van der Waals surface area contributed by atoms with E-state index in [-0.39, 0.29) is 5.91 Å². The van der Waals surface area contributed by atoms with E-state index < -0.39 is 5.60 Å². The van der Waals surface area contributed by atoms with Crippen LogP contribution < -0.4 is 10.5 Å². The minimum Gasteiger partial charge on any atom is -0.478 e. The number of anilines is 1. The van der Waals surface area contributed by atoms with Gasteiger partial charge in [-0.15, -0.1) is 0 Å². The first-order valence-corrected chi connectivity index (χ1v) is 6.83. The van der Waals surface area contributed by atoms with Gasteiger partial charge in [-0.2, -0.15) is 0 Å². The van der Waals surface area contributed by atoms with Crippen molar-refractivity contribution in [2.45, 2.75) is 38.7 Å². The van der Waals surface area contributed by atoms with Gasteiger partial charge in [0, 0.05) is 18.8 Å². The Morgan fingerprint density at radius 3 is 2.32 bits per heavy atom. The van der Waals surface area contributed by atoms with Crippen molar-refractivity contribution >= 4 is 11.6 Å². The van der Waals surface area contributed by atoms with Gasteiger partial charge in [-0.25, -0.2) is 0 Å². The van der Waals surface area contributed by atoms with Crippen LogP contribution in [-0.2, 0) is 4.79 Å². The molecule has 0 spiro atoms. The van der Waals surface area contributed by atoms with Crippen LogP contribution >= 0.6 is 0 Å². The summed E-state index contributed by atoms with van der Waals surface area (Å²) in [6.07, 6.45) is 3.39. The van der Waals surface area contributed by atoms with Crippen LogP contribution in [0.1, 0.15) is 33.1 Å². The van der Waals surface area contributed by atoms with Crippen molar-refractivity contribution in [2.24, 2.45) is 0 Å². The molecule has 4 heteroatoms. The molecular weight excluding hydrogens is 240 g/mol. The number of benzene rings is 1. The molecule has 1 aliphatic rings. The fourth-order valence-corrected chi connectivity index (χ4v) is 2.35. The molecule has 1 aromatic rings. The molecular formula is C15H22N2O2. The zero-order chi connectivity index (χ0) is 13.9. The van der Waals surface area contributed by atoms with Crippen molar-refractivity contribution in [3.8, 4) is 5.75 Å². The number of piperidine rings is 1. The molecule has 1 heterocycles. The number of carbonyl (C=O) groups excluding carboxylic acids is 1. The van der Waals surface area contributed by atoms with Gasteiger partial charge in [0.2, 0.25) is 0 Å². The van der Waals surface area contributed by atoms with E-state index in [1.165, 1.54) is 6.42 Å². The number of amides is 1. The van der Waals surface area contributed by atoms with E-state index >= 15 is 0 Å². The summed E-state index contributed by atoms with van der Waals surface area (Å²) in [5.74, 6) is 0.730. The summed E-state index contributed by atoms with van der Waals surface area (Å²) in [5, 5.41) is 0. The number of hydrogen-bond donors (Lipinski definition) is 1. The molecule has 1 aromatic carbocycles. The topological polar surface area (TPSA) is 55.6 Å². The molecule has 1 fully saturated rings. The highest BCUT2D eigenvalue weighted by atomic mass is 16.5. The van der Waals surface area contributed by atoms with Gasteiger partial charge in [-0.1, -0.05) is 0 Å². The van der Waals surface area contributed by atoms with E-state index in [2.05, 4.69) is 0 Å². The molecule has 0 atom stereocenters. The molecule has 1 saturated heterocycles. The van der Waals surface area contributed by atoms with Crippen molar-refractivity contribution in [1.29, 1.82) is 0 Å². The fraction of sp³-hybridized carbons (Fsp3) is 0.533. The Bertz CT molecular complexity index is 434. The van der Waals surface area contributed by atoms with Crippen molar-refractivity contribution < 1.29 is 9.53 Å². The number of nitrogen functional groups attached to an aromatic ring is 1. The molecule has 1 amide bonds. The maximum atomic E-state index is 12.5. The largest absolute Gasteiger partial charge is 0.478 e. The van der Waals surface area contributed by atoms with Gasteiger partial charge in [0.25, 0.3) is 5.91 Å². The molecule has 0 bridgehead atoms. The highest BCUT2D eigenvalue weighted by Gasteiger charge is 2.34. The highest BCUT2D eigenvalue weighted by molar-refractivity contribution is 5.84. The van der Waals surface area contributed by atoms with Crippen LogP contribution in [0.15, 0.2) is 24.3 Å². The minimum absolute atomic E-state index is 0.0593. The van der Waals surface area contributed by atoms with E-state index in [9.17, 15) is 4.79 Å². The lowest BCUT2D eigenvalue weighted by Gasteiger charge is -2.34. The van der Waals surface area contributed by atoms with Crippen molar-refractivity contribution in [3.63, 3.8) is 0 Å². The van der Waals surface area contributed by atoms with Crippen molar-refractivity contribution in [3.05, 3.63) is 24.3 Å². The average molecular weight is 262 g/mol. The third-order valence-corrected chi connectivity index (χ3v) is 3.41. The van der Waals surface area contributed by atoms with E-state index in [0.29, 0.717) is 11.4 Å². The lowest BCUT2D eigenvalue weighted by atomic mass is 10.0. The van der Waals surface area contributed by atoms with Gasteiger partial charge < -0.3 is 15.4 Å². The number of nitrogens with zero attached hydrogens (tertiary/aromatic N) is 1. The number of nitrogens with two attached hydrogens (primary N) is 1. The summed E-state index contributed by atoms with van der Waals surface area (Å²) < 4.78 is 5.83. The van der Waals surface area contributed by atoms with Gasteiger partial charge in [-0.3, -0.25) is 4.79 Å². The molecule has 4 nitrogen and oxygen atoms in total. The predicted molar refractivity (Wildman–Crippen MR) is 76.0 cm³/mol. The van der Waals surface area contributed by atoms with Crippen LogP contribution in [0.5, 0.6) is 5.75 Å². The second-order valence-electron chi connectivity index (χ2n) is 5.53. The van der Waals surface area contributed by atoms with Crippen LogP contribution in [0.2, 0.25) is 0 Å². The Labute approximate surface area is 114 Å². The zero-order valence-electron chi connectivity index (χ0n) is 11.7. The third-order valence-electron chi connectivity index (χ3n) is 3.41. The molecule has 0 aliphatic carbocycles. The number of ether oxygens (including phenoxy) is 1. The average Bonchev–Trinajstić information content (AvgIpc) is 2.41. The Morgan fingerprint density at radius 1 is 1.16 bits per heavy atom. The summed E-state index contributed by atoms with van der Waals surface area (Å²) in [6, 6.07) is 7.13. The first-order chi connectivity index (χ1) is 8.99. The number of rotatable bonds is 3. The normalized spacial score (nSPS) is 16.2. The van der Waals surface area contributed by atoms with Crippen LogP contribution in [-0.4, -0.2) is 29.5 Å².